The minimum Gasteiger partial charge on any atom is -0.478 e. The van der Waals surface area contributed by atoms with Crippen molar-refractivity contribution in [2.75, 3.05) is 31.2 Å². The molecule has 0 bridgehead atoms. The molecular formula is C21H32FNO4. The first-order valence-electron chi connectivity index (χ1n) is 10.1. The van der Waals surface area contributed by atoms with E-state index >= 15 is 0 Å². The lowest BCUT2D eigenvalue weighted by molar-refractivity contribution is -0.177. The molecule has 1 aliphatic rings. The van der Waals surface area contributed by atoms with Crippen molar-refractivity contribution in [1.29, 1.82) is 0 Å². The summed E-state index contributed by atoms with van der Waals surface area (Å²) >= 11 is 0. The maximum Gasteiger partial charge on any atom is 0.338 e. The molecule has 0 spiro atoms. The number of anilines is 1. The van der Waals surface area contributed by atoms with Crippen LogP contribution in [0.5, 0.6) is 0 Å². The lowest BCUT2D eigenvalue weighted by Crippen LogP contribution is -2.40. The molecule has 1 aliphatic heterocycles. The second-order valence-corrected chi connectivity index (χ2v) is 7.11. The Labute approximate surface area is 161 Å². The molecule has 1 aromatic carbocycles. The second kappa shape index (κ2) is 11.2. The van der Waals surface area contributed by atoms with Crippen molar-refractivity contribution in [2.24, 2.45) is 5.92 Å². The molecule has 0 amide bonds. The van der Waals surface area contributed by atoms with Crippen LogP contribution >= 0.6 is 0 Å². The van der Waals surface area contributed by atoms with Crippen LogP contribution in [0.4, 0.5) is 10.1 Å². The highest BCUT2D eigenvalue weighted by Gasteiger charge is 2.28. The molecule has 5 nitrogen and oxygen atoms in total. The lowest BCUT2D eigenvalue weighted by Gasteiger charge is -2.37. The zero-order valence-electron chi connectivity index (χ0n) is 16.5. The van der Waals surface area contributed by atoms with Gasteiger partial charge < -0.3 is 19.5 Å². The van der Waals surface area contributed by atoms with Crippen LogP contribution in [0.1, 0.15) is 62.7 Å². The largest absolute Gasteiger partial charge is 0.478 e. The highest BCUT2D eigenvalue weighted by atomic mass is 19.1. The fourth-order valence-electron chi connectivity index (χ4n) is 3.31. The Hall–Kier alpha value is -1.66. The minimum absolute atomic E-state index is 0.170. The number of piperidine rings is 1. The number of rotatable bonds is 11. The van der Waals surface area contributed by atoms with E-state index in [9.17, 15) is 9.18 Å². The van der Waals surface area contributed by atoms with Crippen molar-refractivity contribution in [3.8, 4) is 0 Å². The third-order valence-corrected chi connectivity index (χ3v) is 5.03. The first-order chi connectivity index (χ1) is 13.1. The van der Waals surface area contributed by atoms with Crippen LogP contribution in [0.15, 0.2) is 18.2 Å². The predicted octanol–water partition coefficient (Wildman–Crippen LogP) is 4.70. The number of hydrogen-bond donors (Lipinski definition) is 1. The zero-order valence-corrected chi connectivity index (χ0v) is 16.5. The van der Waals surface area contributed by atoms with Crippen LogP contribution in [-0.4, -0.2) is 43.7 Å². The highest BCUT2D eigenvalue weighted by Crippen LogP contribution is 2.28. The van der Waals surface area contributed by atoms with Gasteiger partial charge in [-0.25, -0.2) is 9.18 Å². The van der Waals surface area contributed by atoms with E-state index in [0.29, 0.717) is 5.92 Å². The third kappa shape index (κ3) is 6.47. The molecule has 27 heavy (non-hydrogen) atoms. The van der Waals surface area contributed by atoms with Gasteiger partial charge in [-0.3, -0.25) is 0 Å². The van der Waals surface area contributed by atoms with Crippen LogP contribution in [0, 0.1) is 11.7 Å². The van der Waals surface area contributed by atoms with E-state index in [4.69, 9.17) is 14.6 Å². The summed E-state index contributed by atoms with van der Waals surface area (Å²) in [4.78, 5) is 13.1. The standard InChI is InChI=1S/C21H32FNO4/c1-3-5-13-26-21(27-14-6-4-2)16-9-11-23(12-10-16)17-7-8-18(20(24)25)19(22)15-17/h7-8,15-16,21H,3-6,9-14H2,1-2H3,(H,24,25). The molecule has 0 unspecified atom stereocenters. The molecule has 0 aromatic heterocycles. The van der Waals surface area contributed by atoms with Gasteiger partial charge in [0.2, 0.25) is 0 Å². The molecule has 1 heterocycles. The van der Waals surface area contributed by atoms with Crippen LogP contribution in [0.3, 0.4) is 0 Å². The van der Waals surface area contributed by atoms with Crippen LogP contribution < -0.4 is 4.90 Å². The molecule has 1 fully saturated rings. The Morgan fingerprint density at radius 2 is 1.78 bits per heavy atom. The molecule has 0 atom stereocenters. The van der Waals surface area contributed by atoms with Gasteiger partial charge in [0, 0.05) is 37.9 Å². The van der Waals surface area contributed by atoms with Gasteiger partial charge in [-0.15, -0.1) is 0 Å². The average Bonchev–Trinajstić information content (AvgIpc) is 2.67. The van der Waals surface area contributed by atoms with E-state index in [2.05, 4.69) is 18.7 Å². The predicted molar refractivity (Wildman–Crippen MR) is 104 cm³/mol. The van der Waals surface area contributed by atoms with E-state index in [1.165, 1.54) is 12.1 Å². The molecule has 1 aromatic rings. The van der Waals surface area contributed by atoms with Crippen LogP contribution in [0.2, 0.25) is 0 Å². The van der Waals surface area contributed by atoms with Gasteiger partial charge in [-0.2, -0.15) is 0 Å². The summed E-state index contributed by atoms with van der Waals surface area (Å²) in [6.45, 7) is 7.28. The summed E-state index contributed by atoms with van der Waals surface area (Å²) in [5.74, 6) is -1.60. The Balaban J connectivity index is 1.92. The van der Waals surface area contributed by atoms with Crippen molar-refractivity contribution < 1.29 is 23.8 Å². The van der Waals surface area contributed by atoms with E-state index in [0.717, 1.165) is 70.5 Å². The summed E-state index contributed by atoms with van der Waals surface area (Å²) < 4.78 is 26.0. The lowest BCUT2D eigenvalue weighted by atomic mass is 9.95. The molecule has 0 radical (unpaired) electrons. The van der Waals surface area contributed by atoms with Gasteiger partial charge in [-0.05, 0) is 43.9 Å². The molecule has 1 N–H and O–H groups in total. The van der Waals surface area contributed by atoms with Gasteiger partial charge in [0.1, 0.15) is 5.82 Å². The Morgan fingerprint density at radius 3 is 2.26 bits per heavy atom. The van der Waals surface area contributed by atoms with E-state index < -0.39 is 11.8 Å². The van der Waals surface area contributed by atoms with Crippen LogP contribution in [0.25, 0.3) is 0 Å². The fourth-order valence-corrected chi connectivity index (χ4v) is 3.31. The Kier molecular flexibility index (Phi) is 9.01. The molecule has 0 saturated carbocycles. The Morgan fingerprint density at radius 1 is 1.19 bits per heavy atom. The number of aromatic carboxylic acids is 1. The SMILES string of the molecule is CCCCOC(OCCCC)C1CCN(c2ccc(C(=O)O)c(F)c2)CC1. The summed E-state index contributed by atoms with van der Waals surface area (Å²) in [6.07, 6.45) is 5.90. The van der Waals surface area contributed by atoms with Crippen molar-refractivity contribution >= 4 is 11.7 Å². The molecule has 6 heteroatoms. The topological polar surface area (TPSA) is 59.0 Å². The van der Waals surface area contributed by atoms with Crippen LogP contribution in [-0.2, 0) is 9.47 Å². The number of carboxylic acids is 1. The minimum atomic E-state index is -1.24. The number of nitrogens with zero attached hydrogens (tertiary/aromatic N) is 1. The number of hydrogen-bond acceptors (Lipinski definition) is 4. The molecular weight excluding hydrogens is 349 g/mol. The smallest absolute Gasteiger partial charge is 0.338 e. The van der Waals surface area contributed by atoms with E-state index in [1.807, 2.05) is 0 Å². The third-order valence-electron chi connectivity index (χ3n) is 5.03. The highest BCUT2D eigenvalue weighted by molar-refractivity contribution is 5.88. The number of carboxylic acid groups (broad SMARTS) is 1. The van der Waals surface area contributed by atoms with Gasteiger partial charge in [-0.1, -0.05) is 26.7 Å². The van der Waals surface area contributed by atoms with Crippen molar-refractivity contribution in [2.45, 2.75) is 58.7 Å². The summed E-state index contributed by atoms with van der Waals surface area (Å²) in [5.41, 5.74) is 0.439. The maximum atomic E-state index is 14.0. The zero-order chi connectivity index (χ0) is 19.6. The summed E-state index contributed by atoms with van der Waals surface area (Å²) in [5, 5.41) is 8.96. The van der Waals surface area contributed by atoms with Gasteiger partial charge >= 0.3 is 5.97 Å². The van der Waals surface area contributed by atoms with Gasteiger partial charge in [0.05, 0.1) is 5.56 Å². The monoisotopic (exact) mass is 381 g/mol. The maximum absolute atomic E-state index is 14.0. The molecule has 152 valence electrons. The summed E-state index contributed by atoms with van der Waals surface area (Å²) in [6, 6.07) is 4.33. The quantitative estimate of drug-likeness (QED) is 0.445. The number of benzene rings is 1. The first kappa shape index (κ1) is 21.6. The first-order valence-corrected chi connectivity index (χ1v) is 10.1. The number of unbranched alkanes of at least 4 members (excludes halogenated alkanes) is 2. The van der Waals surface area contributed by atoms with Crippen molar-refractivity contribution in [3.63, 3.8) is 0 Å². The van der Waals surface area contributed by atoms with Crippen molar-refractivity contribution in [1.82, 2.24) is 0 Å². The normalized spacial score (nSPS) is 15.5. The second-order valence-electron chi connectivity index (χ2n) is 7.11. The fraction of sp³-hybridized carbons (Fsp3) is 0.667. The number of carbonyl (C=O) groups is 1. The van der Waals surface area contributed by atoms with Crippen molar-refractivity contribution in [3.05, 3.63) is 29.6 Å². The molecule has 1 saturated heterocycles. The number of halogens is 1. The molecule has 2 rings (SSSR count). The van der Waals surface area contributed by atoms with E-state index in [-0.39, 0.29) is 11.9 Å². The van der Waals surface area contributed by atoms with Gasteiger partial charge in [0.15, 0.2) is 6.29 Å². The summed E-state index contributed by atoms with van der Waals surface area (Å²) in [7, 11) is 0. The number of ether oxygens (including phenoxy) is 2. The van der Waals surface area contributed by atoms with E-state index in [1.54, 1.807) is 6.07 Å². The Bertz CT molecular complexity index is 578. The average molecular weight is 381 g/mol. The molecule has 0 aliphatic carbocycles. The van der Waals surface area contributed by atoms with Gasteiger partial charge in [0.25, 0.3) is 0 Å².